The molecule has 0 aromatic heterocycles. The van der Waals surface area contributed by atoms with Crippen molar-refractivity contribution in [2.75, 3.05) is 58.1 Å². The lowest BCUT2D eigenvalue weighted by Crippen LogP contribution is -2.67. The lowest BCUT2D eigenvalue weighted by molar-refractivity contribution is -0.457. The van der Waals surface area contributed by atoms with Crippen LogP contribution in [0.15, 0.2) is 18.2 Å². The third-order valence-electron chi connectivity index (χ3n) is 12.2. The van der Waals surface area contributed by atoms with E-state index < -0.39 is 37.2 Å². The van der Waals surface area contributed by atoms with Crippen molar-refractivity contribution in [2.45, 2.75) is 139 Å². The highest BCUT2D eigenvalue weighted by Crippen LogP contribution is 2.62. The number of alkyl halides is 9. The van der Waals surface area contributed by atoms with E-state index in [0.29, 0.717) is 37.4 Å². The number of unbranched alkanes of at least 4 members (excludes halogenated alkanes) is 6. The fourth-order valence-electron chi connectivity index (χ4n) is 9.18. The van der Waals surface area contributed by atoms with Crippen molar-refractivity contribution < 1.29 is 58.8 Å². The number of hydrogen-bond donors (Lipinski definition) is 1. The lowest BCUT2D eigenvalue weighted by Gasteiger charge is -2.50. The van der Waals surface area contributed by atoms with Gasteiger partial charge in [0, 0.05) is 31.3 Å². The first-order valence-electron chi connectivity index (χ1n) is 20.2. The van der Waals surface area contributed by atoms with Crippen LogP contribution in [0.5, 0.6) is 5.75 Å². The summed E-state index contributed by atoms with van der Waals surface area (Å²) in [4.78, 5) is 2.32. The minimum absolute atomic E-state index is 0.248. The number of hydrogen-bond acceptors (Lipinski definition) is 7. The Morgan fingerprint density at radius 1 is 0.750 bits per heavy atom. The molecule has 1 aromatic rings. The maximum absolute atomic E-state index is 13.2. The van der Waals surface area contributed by atoms with Crippen LogP contribution in [0.1, 0.15) is 114 Å². The van der Waals surface area contributed by atoms with Gasteiger partial charge in [0.2, 0.25) is 0 Å². The van der Waals surface area contributed by atoms with Crippen LogP contribution in [-0.2, 0) is 15.9 Å². The molecule has 324 valence electrons. The van der Waals surface area contributed by atoms with Gasteiger partial charge >= 0.3 is 24.1 Å². The minimum atomic E-state index is -6.74. The molecule has 0 heterocycles. The molecule has 1 N–H and O–H groups in total. The maximum Gasteiger partial charge on any atom is 0.435 e. The number of aliphatic hydroxyl groups excluding tert-OH is 1. The standard InChI is InChI=1S/C40H60F9NO4S2/c1-36-19-18-32-31-15-13-30(52-25-21-50(2)20-7-3-5-9-26-55-56-27-10-6-4-8-22-51)28-29(31)12-14-33(32)34(36)16-17-35(36)53-23-11-24-54-37(38(41,42)43,39(44,45)46)40(47,48)49/h13,15,28,32-35,51H,3-12,14,16-27H2,1-2H3. The number of rotatable bonds is 24. The first-order chi connectivity index (χ1) is 26.5. The summed E-state index contributed by atoms with van der Waals surface area (Å²) in [6, 6.07) is 6.41. The number of fused-ring (bicyclic) bond motifs is 5. The van der Waals surface area contributed by atoms with Gasteiger partial charge in [-0.25, -0.2) is 0 Å². The first kappa shape index (κ1) is 47.6. The van der Waals surface area contributed by atoms with Crippen molar-refractivity contribution in [3.63, 3.8) is 0 Å². The molecule has 2 fully saturated rings. The van der Waals surface area contributed by atoms with Gasteiger partial charge < -0.3 is 24.2 Å². The molecule has 0 aliphatic heterocycles. The zero-order valence-corrected chi connectivity index (χ0v) is 34.3. The van der Waals surface area contributed by atoms with Gasteiger partial charge in [0.1, 0.15) is 12.4 Å². The van der Waals surface area contributed by atoms with Gasteiger partial charge in [0.15, 0.2) is 0 Å². The second-order valence-electron chi connectivity index (χ2n) is 16.0. The number of benzene rings is 1. The van der Waals surface area contributed by atoms with Crippen molar-refractivity contribution >= 4 is 21.6 Å². The summed E-state index contributed by atoms with van der Waals surface area (Å²) in [6.45, 7) is 3.20. The number of aryl methyl sites for hydroxylation is 1. The molecule has 5 unspecified atom stereocenters. The van der Waals surface area contributed by atoms with E-state index >= 15 is 0 Å². The van der Waals surface area contributed by atoms with Crippen molar-refractivity contribution in [1.29, 1.82) is 0 Å². The van der Waals surface area contributed by atoms with Crippen LogP contribution in [0.3, 0.4) is 0 Å². The molecular formula is C40H60F9NO4S2. The molecule has 3 aliphatic carbocycles. The van der Waals surface area contributed by atoms with Crippen LogP contribution in [0.4, 0.5) is 39.5 Å². The molecule has 4 rings (SSSR count). The molecule has 0 saturated heterocycles. The molecule has 0 bridgehead atoms. The van der Waals surface area contributed by atoms with Gasteiger partial charge in [-0.05, 0) is 131 Å². The summed E-state index contributed by atoms with van der Waals surface area (Å²) < 4.78 is 134. The average molecular weight is 854 g/mol. The molecule has 0 spiro atoms. The molecular weight excluding hydrogens is 794 g/mol. The molecule has 2 saturated carbocycles. The van der Waals surface area contributed by atoms with Crippen molar-refractivity contribution in [1.82, 2.24) is 4.90 Å². The summed E-state index contributed by atoms with van der Waals surface area (Å²) in [5.41, 5.74) is -3.86. The van der Waals surface area contributed by atoms with Crippen LogP contribution >= 0.6 is 21.6 Å². The number of ether oxygens (including phenoxy) is 3. The van der Waals surface area contributed by atoms with Crippen LogP contribution in [0, 0.1) is 17.3 Å². The van der Waals surface area contributed by atoms with E-state index in [-0.39, 0.29) is 18.1 Å². The molecule has 3 aliphatic rings. The summed E-state index contributed by atoms with van der Waals surface area (Å²) in [6.07, 6.45) is -6.51. The van der Waals surface area contributed by atoms with Crippen LogP contribution in [-0.4, -0.2) is 98.3 Å². The van der Waals surface area contributed by atoms with Gasteiger partial charge in [0.05, 0.1) is 12.7 Å². The predicted octanol–water partition coefficient (Wildman–Crippen LogP) is 11.6. The Balaban J connectivity index is 1.14. The Kier molecular flexibility index (Phi) is 18.2. The highest BCUT2D eigenvalue weighted by atomic mass is 33.1. The quantitative estimate of drug-likeness (QED) is 0.0631. The van der Waals surface area contributed by atoms with Gasteiger partial charge in [-0.15, -0.1) is 0 Å². The smallest absolute Gasteiger partial charge is 0.435 e. The molecule has 5 nitrogen and oxygen atoms in total. The monoisotopic (exact) mass is 853 g/mol. The van der Waals surface area contributed by atoms with Gasteiger partial charge in [-0.3, -0.25) is 0 Å². The number of nitrogens with zero attached hydrogens (tertiary/aromatic N) is 1. The third-order valence-corrected chi connectivity index (χ3v) is 14.8. The van der Waals surface area contributed by atoms with E-state index in [9.17, 15) is 39.5 Å². The fourth-order valence-corrected chi connectivity index (χ4v) is 11.5. The summed E-state index contributed by atoms with van der Waals surface area (Å²) >= 11 is 0. The van der Waals surface area contributed by atoms with E-state index in [1.807, 2.05) is 21.6 Å². The van der Waals surface area contributed by atoms with E-state index in [4.69, 9.17) is 14.6 Å². The molecule has 5 atom stereocenters. The van der Waals surface area contributed by atoms with Crippen LogP contribution in [0.2, 0.25) is 0 Å². The number of halogens is 9. The van der Waals surface area contributed by atoms with Crippen LogP contribution < -0.4 is 4.74 Å². The fraction of sp³-hybridized carbons (Fsp3) is 0.850. The second-order valence-corrected chi connectivity index (χ2v) is 18.7. The molecule has 56 heavy (non-hydrogen) atoms. The van der Waals surface area contributed by atoms with Gasteiger partial charge in [-0.1, -0.05) is 60.3 Å². The van der Waals surface area contributed by atoms with E-state index in [1.165, 1.54) is 61.2 Å². The summed E-state index contributed by atoms with van der Waals surface area (Å²) in [5.74, 6) is 4.35. The van der Waals surface area contributed by atoms with E-state index in [2.05, 4.69) is 41.8 Å². The Bertz CT molecular complexity index is 1280. The van der Waals surface area contributed by atoms with Gasteiger partial charge in [0.25, 0.3) is 0 Å². The molecule has 0 amide bonds. The number of aliphatic hydroxyl groups is 1. The zero-order valence-electron chi connectivity index (χ0n) is 32.6. The highest BCUT2D eigenvalue weighted by Gasteiger charge is 2.85. The average Bonchev–Trinajstić information content (AvgIpc) is 3.45. The van der Waals surface area contributed by atoms with Crippen molar-refractivity contribution in [3.8, 4) is 5.75 Å². The summed E-state index contributed by atoms with van der Waals surface area (Å²) in [7, 11) is 6.07. The van der Waals surface area contributed by atoms with E-state index in [0.717, 1.165) is 63.8 Å². The summed E-state index contributed by atoms with van der Waals surface area (Å²) in [5, 5.41) is 8.83. The van der Waals surface area contributed by atoms with Gasteiger partial charge in [-0.2, -0.15) is 39.5 Å². The highest BCUT2D eigenvalue weighted by molar-refractivity contribution is 8.76. The minimum Gasteiger partial charge on any atom is -0.492 e. The topological polar surface area (TPSA) is 51.2 Å². The number of likely N-dealkylation sites (N-methyl/N-ethyl adjacent to an activating group) is 1. The normalized spacial score (nSPS) is 24.3. The zero-order chi connectivity index (χ0) is 41.0. The van der Waals surface area contributed by atoms with E-state index in [1.54, 1.807) is 0 Å². The lowest BCUT2D eigenvalue weighted by atomic mass is 9.55. The SMILES string of the molecule is CN(CCCCCCSSCCCCCCO)CCOc1ccc2c(c1)CCC1C2CCC2(C)C(OCCCOC(C(F)(F)F)(C(F)(F)F)C(F)(F)F)CCC12. The Morgan fingerprint density at radius 2 is 1.39 bits per heavy atom. The second kappa shape index (κ2) is 21.4. The molecule has 1 aromatic carbocycles. The Labute approximate surface area is 334 Å². The third kappa shape index (κ3) is 12.0. The first-order valence-corrected chi connectivity index (χ1v) is 22.7. The largest absolute Gasteiger partial charge is 0.492 e. The predicted molar refractivity (Wildman–Crippen MR) is 204 cm³/mol. The Morgan fingerprint density at radius 3 is 2.04 bits per heavy atom. The van der Waals surface area contributed by atoms with Crippen LogP contribution in [0.25, 0.3) is 0 Å². The van der Waals surface area contributed by atoms with Crippen molar-refractivity contribution in [3.05, 3.63) is 29.3 Å². The maximum atomic E-state index is 13.2. The molecule has 0 radical (unpaired) electrons. The molecule has 16 heteroatoms. The van der Waals surface area contributed by atoms with Crippen molar-refractivity contribution in [2.24, 2.45) is 17.3 Å². The Hall–Kier alpha value is -1.07.